The van der Waals surface area contributed by atoms with E-state index in [9.17, 15) is 19.2 Å². The predicted octanol–water partition coefficient (Wildman–Crippen LogP) is 2.30. The van der Waals surface area contributed by atoms with E-state index in [2.05, 4.69) is 15.1 Å². The van der Waals surface area contributed by atoms with Crippen LogP contribution in [0.15, 0.2) is 18.2 Å². The summed E-state index contributed by atoms with van der Waals surface area (Å²) >= 11 is 5.92. The Morgan fingerprint density at radius 2 is 1.88 bits per heavy atom. The van der Waals surface area contributed by atoms with Crippen molar-refractivity contribution in [2.75, 3.05) is 50.6 Å². The molecule has 1 atom stereocenters. The molecule has 1 N–H and O–H groups in total. The number of likely N-dealkylation sites (tertiary alicyclic amines) is 1. The summed E-state index contributed by atoms with van der Waals surface area (Å²) < 4.78 is 0. The molecule has 3 amide bonds. The molecule has 3 heterocycles. The van der Waals surface area contributed by atoms with E-state index in [1.165, 1.54) is 13.5 Å². The third kappa shape index (κ3) is 4.70. The SMILES string of the molecule is CNC(=O)C(CCC=O)N1C(=O)c2ccc(N3CCCC4(CCN(CCCl)CC4)C3)cc2C1=O. The fourth-order valence-electron chi connectivity index (χ4n) is 5.70. The Bertz CT molecular complexity index is 960. The summed E-state index contributed by atoms with van der Waals surface area (Å²) in [5.41, 5.74) is 1.85. The van der Waals surface area contributed by atoms with Crippen LogP contribution in [0.1, 0.15) is 59.2 Å². The molecule has 8 nitrogen and oxygen atoms in total. The van der Waals surface area contributed by atoms with Gasteiger partial charge in [0.25, 0.3) is 11.8 Å². The van der Waals surface area contributed by atoms with Gasteiger partial charge in [-0.1, -0.05) is 0 Å². The van der Waals surface area contributed by atoms with Crippen LogP contribution in [0.4, 0.5) is 5.69 Å². The van der Waals surface area contributed by atoms with Gasteiger partial charge in [0.1, 0.15) is 12.3 Å². The smallest absolute Gasteiger partial charge is 0.262 e. The van der Waals surface area contributed by atoms with Gasteiger partial charge in [-0.2, -0.15) is 0 Å². The van der Waals surface area contributed by atoms with Crippen molar-refractivity contribution in [1.82, 2.24) is 15.1 Å². The minimum absolute atomic E-state index is 0.0922. The molecular weight excluding hydrogens is 456 g/mol. The summed E-state index contributed by atoms with van der Waals surface area (Å²) in [6.07, 6.45) is 5.47. The summed E-state index contributed by atoms with van der Waals surface area (Å²) in [5.74, 6) is -0.737. The van der Waals surface area contributed by atoms with Crippen molar-refractivity contribution >= 4 is 41.3 Å². The molecule has 9 heteroatoms. The third-order valence-corrected chi connectivity index (χ3v) is 7.83. The zero-order chi connectivity index (χ0) is 24.3. The van der Waals surface area contributed by atoms with Crippen molar-refractivity contribution in [2.24, 2.45) is 5.41 Å². The number of fused-ring (bicyclic) bond motifs is 1. The van der Waals surface area contributed by atoms with Gasteiger partial charge in [-0.15, -0.1) is 11.6 Å². The Hall–Kier alpha value is -2.45. The number of carbonyl (C=O) groups excluding carboxylic acids is 4. The summed E-state index contributed by atoms with van der Waals surface area (Å²) in [5, 5.41) is 2.51. The highest BCUT2D eigenvalue weighted by molar-refractivity contribution is 6.23. The maximum Gasteiger partial charge on any atom is 0.262 e. The lowest BCUT2D eigenvalue weighted by Gasteiger charge is -2.48. The van der Waals surface area contributed by atoms with Crippen molar-refractivity contribution < 1.29 is 19.2 Å². The number of rotatable bonds is 8. The Kier molecular flexibility index (Phi) is 7.57. The highest BCUT2D eigenvalue weighted by Crippen LogP contribution is 2.41. The average molecular weight is 489 g/mol. The zero-order valence-corrected chi connectivity index (χ0v) is 20.5. The number of hydrogen-bond donors (Lipinski definition) is 1. The second-order valence-corrected chi connectivity index (χ2v) is 10.0. The van der Waals surface area contributed by atoms with Crippen LogP contribution in [0.3, 0.4) is 0 Å². The lowest BCUT2D eigenvalue weighted by Crippen LogP contribution is -2.50. The molecule has 2 fully saturated rings. The van der Waals surface area contributed by atoms with Gasteiger partial charge in [-0.05, 0) is 68.8 Å². The molecule has 0 aliphatic carbocycles. The van der Waals surface area contributed by atoms with E-state index >= 15 is 0 Å². The number of piperidine rings is 2. The second kappa shape index (κ2) is 10.4. The zero-order valence-electron chi connectivity index (χ0n) is 19.7. The maximum atomic E-state index is 13.3. The number of likely N-dealkylation sites (N-methyl/N-ethyl adjacent to an activating group) is 1. The number of aldehydes is 1. The maximum absolute atomic E-state index is 13.3. The first-order valence-electron chi connectivity index (χ1n) is 12.1. The Morgan fingerprint density at radius 1 is 1.15 bits per heavy atom. The van der Waals surface area contributed by atoms with Crippen molar-refractivity contribution in [3.8, 4) is 0 Å². The monoisotopic (exact) mass is 488 g/mol. The molecule has 2 saturated heterocycles. The largest absolute Gasteiger partial charge is 0.371 e. The van der Waals surface area contributed by atoms with E-state index in [0.29, 0.717) is 23.3 Å². The third-order valence-electron chi connectivity index (χ3n) is 7.66. The molecule has 0 saturated carbocycles. The van der Waals surface area contributed by atoms with Crippen LogP contribution in [0.2, 0.25) is 0 Å². The van der Waals surface area contributed by atoms with Gasteiger partial charge in [0.05, 0.1) is 11.1 Å². The topological polar surface area (TPSA) is 90.0 Å². The normalized spacial score (nSPS) is 21.0. The summed E-state index contributed by atoms with van der Waals surface area (Å²) in [7, 11) is 1.46. The number of benzene rings is 1. The molecule has 3 aliphatic rings. The molecule has 1 spiro atoms. The van der Waals surface area contributed by atoms with Crippen LogP contribution in [0.5, 0.6) is 0 Å². The second-order valence-electron chi connectivity index (χ2n) is 9.64. The summed E-state index contributed by atoms with van der Waals surface area (Å²) in [4.78, 5) is 55.4. The van der Waals surface area contributed by atoms with E-state index in [-0.39, 0.29) is 18.3 Å². The van der Waals surface area contributed by atoms with Crippen LogP contribution in [-0.2, 0) is 9.59 Å². The summed E-state index contributed by atoms with van der Waals surface area (Å²) in [6, 6.07) is 4.42. The summed E-state index contributed by atoms with van der Waals surface area (Å²) in [6.45, 7) is 4.91. The van der Waals surface area contributed by atoms with Crippen molar-refractivity contribution in [2.45, 2.75) is 44.6 Å². The number of halogens is 1. The van der Waals surface area contributed by atoms with Gasteiger partial charge >= 0.3 is 0 Å². The molecule has 4 rings (SSSR count). The highest BCUT2D eigenvalue weighted by Gasteiger charge is 2.43. The molecule has 34 heavy (non-hydrogen) atoms. The van der Waals surface area contributed by atoms with Gasteiger partial charge in [-0.25, -0.2) is 0 Å². The fourth-order valence-corrected chi connectivity index (χ4v) is 5.94. The lowest BCUT2D eigenvalue weighted by atomic mass is 9.72. The van der Waals surface area contributed by atoms with Crippen molar-refractivity contribution in [3.63, 3.8) is 0 Å². The Balaban J connectivity index is 1.53. The van der Waals surface area contributed by atoms with Crippen LogP contribution in [0.25, 0.3) is 0 Å². The van der Waals surface area contributed by atoms with Crippen LogP contribution in [-0.4, -0.2) is 85.5 Å². The number of alkyl halides is 1. The van der Waals surface area contributed by atoms with Crippen molar-refractivity contribution in [3.05, 3.63) is 29.3 Å². The number of amides is 3. The molecule has 184 valence electrons. The van der Waals surface area contributed by atoms with Gasteiger partial charge < -0.3 is 19.9 Å². The average Bonchev–Trinajstić information content (AvgIpc) is 3.10. The first-order chi connectivity index (χ1) is 16.4. The van der Waals surface area contributed by atoms with Gasteiger partial charge in [-0.3, -0.25) is 19.3 Å². The minimum Gasteiger partial charge on any atom is -0.371 e. The quantitative estimate of drug-likeness (QED) is 0.343. The highest BCUT2D eigenvalue weighted by atomic mass is 35.5. The molecular formula is C25H33ClN4O4. The fraction of sp³-hybridized carbons (Fsp3) is 0.600. The number of nitrogens with one attached hydrogen (secondary N) is 1. The molecule has 1 unspecified atom stereocenters. The first kappa shape index (κ1) is 24.7. The molecule has 3 aliphatic heterocycles. The molecule has 1 aromatic rings. The van der Waals surface area contributed by atoms with Gasteiger partial charge in [0, 0.05) is 44.7 Å². The van der Waals surface area contributed by atoms with Crippen LogP contribution >= 0.6 is 11.6 Å². The predicted molar refractivity (Wildman–Crippen MR) is 130 cm³/mol. The van der Waals surface area contributed by atoms with Gasteiger partial charge in [0.2, 0.25) is 5.91 Å². The molecule has 0 aromatic heterocycles. The van der Waals surface area contributed by atoms with Gasteiger partial charge in [0.15, 0.2) is 0 Å². The number of imide groups is 1. The van der Waals surface area contributed by atoms with Crippen molar-refractivity contribution in [1.29, 1.82) is 0 Å². The molecule has 0 radical (unpaired) electrons. The minimum atomic E-state index is -0.998. The number of anilines is 1. The van der Waals surface area contributed by atoms with Crippen LogP contribution in [0, 0.1) is 5.41 Å². The van der Waals surface area contributed by atoms with E-state index in [1.54, 1.807) is 12.1 Å². The Morgan fingerprint density at radius 3 is 2.56 bits per heavy atom. The van der Waals surface area contributed by atoms with E-state index in [1.807, 2.05) is 6.07 Å². The number of hydrogen-bond acceptors (Lipinski definition) is 6. The number of nitrogens with zero attached hydrogens (tertiary/aromatic N) is 3. The van der Waals surface area contributed by atoms with E-state index in [4.69, 9.17) is 11.6 Å². The lowest BCUT2D eigenvalue weighted by molar-refractivity contribution is -0.124. The first-order valence-corrected chi connectivity index (χ1v) is 12.7. The standard InChI is InChI=1S/C25H33ClN4O4/c1-27-22(32)21(4-2-15-31)30-23(33)19-6-5-18(16-20(19)24(30)34)29-11-3-7-25(17-29)8-12-28(13-9-25)14-10-26/h5-6,15-16,21H,2-4,7-14,17H2,1H3,(H,27,32). The van der Waals surface area contributed by atoms with Crippen LogP contribution < -0.4 is 10.2 Å². The molecule has 1 aromatic carbocycles. The van der Waals surface area contributed by atoms with E-state index < -0.39 is 23.8 Å². The number of carbonyl (C=O) groups is 4. The Labute approximate surface area is 205 Å². The van der Waals surface area contributed by atoms with E-state index in [0.717, 1.165) is 62.6 Å². The molecule has 0 bridgehead atoms.